The number of aromatic nitrogens is 2. The number of fused-ring (bicyclic) bond motifs is 1. The summed E-state index contributed by atoms with van der Waals surface area (Å²) in [5, 5.41) is 13.6. The van der Waals surface area contributed by atoms with Crippen molar-refractivity contribution in [2.75, 3.05) is 6.54 Å². The van der Waals surface area contributed by atoms with Crippen molar-refractivity contribution in [1.29, 1.82) is 0 Å². The van der Waals surface area contributed by atoms with Crippen LogP contribution in [-0.4, -0.2) is 37.4 Å². The average molecular weight is 256 g/mol. The van der Waals surface area contributed by atoms with Gasteiger partial charge in [-0.2, -0.15) is 5.10 Å². The number of aromatic carboxylic acids is 1. The van der Waals surface area contributed by atoms with Gasteiger partial charge in [0.2, 0.25) is 5.11 Å². The Balaban J connectivity index is 2.36. The number of quaternary nitrogens is 1. The van der Waals surface area contributed by atoms with Crippen LogP contribution in [0.1, 0.15) is 21.7 Å². The molecule has 0 atom stereocenters. The molecule has 5 N–H and O–H groups in total. The van der Waals surface area contributed by atoms with Crippen molar-refractivity contribution in [3.05, 3.63) is 17.0 Å². The van der Waals surface area contributed by atoms with Crippen molar-refractivity contribution in [3.63, 3.8) is 0 Å². The number of carbonyl (C=O) groups is 1. The fourth-order valence-corrected chi connectivity index (χ4v) is 2.21. The molecule has 7 nitrogen and oxygen atoms in total. The lowest BCUT2D eigenvalue weighted by Crippen LogP contribution is -2.69. The van der Waals surface area contributed by atoms with Crippen LogP contribution in [0.25, 0.3) is 0 Å². The SMILES string of the molecule is Cn1nc(C(=O)O)c2c1CCN(C(=S)N[NH3+])C2. The normalized spacial score (nSPS) is 14.4. The maximum Gasteiger partial charge on any atom is 0.356 e. The Bertz CT molecular complexity index is 484. The second-order valence-electron chi connectivity index (χ2n) is 3.86. The van der Waals surface area contributed by atoms with E-state index in [-0.39, 0.29) is 5.69 Å². The predicted octanol–water partition coefficient (Wildman–Crippen LogP) is -1.49. The molecule has 0 unspecified atom stereocenters. The molecule has 1 aromatic heterocycles. The van der Waals surface area contributed by atoms with Crippen LogP contribution in [-0.2, 0) is 20.0 Å². The van der Waals surface area contributed by atoms with Crippen LogP contribution in [0.15, 0.2) is 0 Å². The highest BCUT2D eigenvalue weighted by atomic mass is 32.1. The zero-order valence-corrected chi connectivity index (χ0v) is 10.3. The van der Waals surface area contributed by atoms with Crippen molar-refractivity contribution >= 4 is 23.3 Å². The van der Waals surface area contributed by atoms with Gasteiger partial charge in [0, 0.05) is 37.8 Å². The topological polar surface area (TPSA) is 98.0 Å². The molecule has 2 rings (SSSR count). The smallest absolute Gasteiger partial charge is 0.356 e. The first-order valence-corrected chi connectivity index (χ1v) is 5.55. The summed E-state index contributed by atoms with van der Waals surface area (Å²) in [6.07, 6.45) is 0.730. The van der Waals surface area contributed by atoms with Crippen molar-refractivity contribution in [2.45, 2.75) is 13.0 Å². The molecule has 0 fully saturated rings. The number of thiocarbonyl (C=S) groups is 1. The van der Waals surface area contributed by atoms with E-state index in [0.717, 1.165) is 24.2 Å². The van der Waals surface area contributed by atoms with Gasteiger partial charge < -0.3 is 10.0 Å². The number of hydrogen-bond donors (Lipinski definition) is 3. The molecular formula is C9H14N5O2S+. The van der Waals surface area contributed by atoms with E-state index in [9.17, 15) is 4.79 Å². The van der Waals surface area contributed by atoms with Gasteiger partial charge in [0.15, 0.2) is 5.69 Å². The van der Waals surface area contributed by atoms with Crippen LogP contribution in [0, 0.1) is 0 Å². The third-order valence-electron chi connectivity index (χ3n) is 2.88. The maximum absolute atomic E-state index is 11.1. The summed E-state index contributed by atoms with van der Waals surface area (Å²) in [6, 6.07) is 0. The number of nitrogens with one attached hydrogen (secondary N) is 1. The van der Waals surface area contributed by atoms with E-state index >= 15 is 0 Å². The largest absolute Gasteiger partial charge is 0.476 e. The van der Waals surface area contributed by atoms with Crippen LogP contribution < -0.4 is 11.3 Å². The van der Waals surface area contributed by atoms with Gasteiger partial charge in [-0.1, -0.05) is 0 Å². The van der Waals surface area contributed by atoms with Crippen LogP contribution in [0.4, 0.5) is 0 Å². The Morgan fingerprint density at radius 1 is 1.65 bits per heavy atom. The van der Waals surface area contributed by atoms with Crippen LogP contribution in [0.2, 0.25) is 0 Å². The lowest BCUT2D eigenvalue weighted by molar-refractivity contribution is -0.420. The second-order valence-corrected chi connectivity index (χ2v) is 4.24. The van der Waals surface area contributed by atoms with Crippen molar-refractivity contribution < 1.29 is 15.7 Å². The highest BCUT2D eigenvalue weighted by molar-refractivity contribution is 7.80. The monoisotopic (exact) mass is 256 g/mol. The van der Waals surface area contributed by atoms with Crippen molar-refractivity contribution in [3.8, 4) is 0 Å². The first-order valence-electron chi connectivity index (χ1n) is 5.14. The quantitative estimate of drug-likeness (QED) is 0.418. The summed E-state index contributed by atoms with van der Waals surface area (Å²) in [4.78, 5) is 13.0. The van der Waals surface area contributed by atoms with Gasteiger partial charge in [-0.05, 0) is 12.2 Å². The minimum absolute atomic E-state index is 0.110. The number of hydrogen-bond acceptors (Lipinski definition) is 3. The first kappa shape index (κ1) is 11.8. The molecule has 0 aromatic carbocycles. The molecule has 0 saturated carbocycles. The van der Waals surface area contributed by atoms with Crippen LogP contribution in [0.5, 0.6) is 0 Å². The minimum Gasteiger partial charge on any atom is -0.476 e. The van der Waals surface area contributed by atoms with Gasteiger partial charge in [0.05, 0.1) is 0 Å². The van der Waals surface area contributed by atoms with E-state index in [1.54, 1.807) is 11.7 Å². The third kappa shape index (κ3) is 1.96. The zero-order valence-electron chi connectivity index (χ0n) is 9.43. The van der Waals surface area contributed by atoms with Crippen LogP contribution >= 0.6 is 12.2 Å². The van der Waals surface area contributed by atoms with Crippen LogP contribution in [0.3, 0.4) is 0 Å². The second kappa shape index (κ2) is 4.30. The number of rotatable bonds is 1. The van der Waals surface area contributed by atoms with Gasteiger partial charge >= 0.3 is 5.97 Å². The molecule has 0 aliphatic carbocycles. The highest BCUT2D eigenvalue weighted by Crippen LogP contribution is 2.22. The standard InChI is InChI=1S/C9H13N5O2S/c1-13-6-2-3-14(9(17)11-10)4-5(6)7(12-13)8(15)16/h2-4,10H2,1H3,(H,11,17)(H,15,16)/p+1. The van der Waals surface area contributed by atoms with E-state index < -0.39 is 5.97 Å². The summed E-state index contributed by atoms with van der Waals surface area (Å²) < 4.78 is 1.64. The van der Waals surface area contributed by atoms with E-state index in [4.69, 9.17) is 17.3 Å². The molecule has 0 amide bonds. The maximum atomic E-state index is 11.1. The molecular weight excluding hydrogens is 242 g/mol. The Kier molecular flexibility index (Phi) is 2.99. The van der Waals surface area contributed by atoms with Gasteiger partial charge in [0.25, 0.3) is 0 Å². The molecule has 1 aromatic rings. The fraction of sp³-hybridized carbons (Fsp3) is 0.444. The van der Waals surface area contributed by atoms with E-state index in [1.807, 2.05) is 4.90 Å². The van der Waals surface area contributed by atoms with Crippen molar-refractivity contribution in [2.24, 2.45) is 7.05 Å². The number of carboxylic acid groups (broad SMARTS) is 1. The lowest BCUT2D eigenvalue weighted by Gasteiger charge is -2.28. The molecule has 0 saturated heterocycles. The summed E-state index contributed by atoms with van der Waals surface area (Å²) in [7, 11) is 1.76. The average Bonchev–Trinajstić information content (AvgIpc) is 2.65. The van der Waals surface area contributed by atoms with Gasteiger partial charge in [-0.25, -0.2) is 10.2 Å². The van der Waals surface area contributed by atoms with E-state index in [0.29, 0.717) is 11.7 Å². The summed E-state index contributed by atoms with van der Waals surface area (Å²) >= 11 is 5.10. The van der Waals surface area contributed by atoms with E-state index in [1.165, 1.54) is 0 Å². The first-order chi connectivity index (χ1) is 8.04. The predicted molar refractivity (Wildman–Crippen MR) is 62.9 cm³/mol. The molecule has 1 aliphatic rings. The van der Waals surface area contributed by atoms with Gasteiger partial charge in [-0.3, -0.25) is 10.5 Å². The summed E-state index contributed by atoms with van der Waals surface area (Å²) in [5.74, 6) is 2.51. The molecule has 0 radical (unpaired) electrons. The molecule has 8 heteroatoms. The van der Waals surface area contributed by atoms with Gasteiger partial charge in [0.1, 0.15) is 0 Å². The number of aryl methyl sites for hydroxylation is 1. The molecule has 1 aliphatic heterocycles. The van der Waals surface area contributed by atoms with E-state index in [2.05, 4.69) is 16.4 Å². The third-order valence-corrected chi connectivity index (χ3v) is 3.29. The zero-order chi connectivity index (χ0) is 12.6. The molecule has 2 heterocycles. The van der Waals surface area contributed by atoms with Gasteiger partial charge in [-0.15, -0.1) is 0 Å². The Labute approximate surface area is 103 Å². The summed E-state index contributed by atoms with van der Waals surface area (Å²) in [5.41, 5.74) is 4.47. The molecule has 17 heavy (non-hydrogen) atoms. The number of carboxylic acids is 1. The Hall–Kier alpha value is -1.67. The minimum atomic E-state index is -1.00. The Morgan fingerprint density at radius 2 is 2.35 bits per heavy atom. The molecule has 92 valence electrons. The number of nitrogens with zero attached hydrogens (tertiary/aromatic N) is 3. The molecule has 0 spiro atoms. The fourth-order valence-electron chi connectivity index (χ4n) is 2.05. The summed E-state index contributed by atoms with van der Waals surface area (Å²) in [6.45, 7) is 1.21. The molecule has 0 bridgehead atoms. The highest BCUT2D eigenvalue weighted by Gasteiger charge is 2.27. The van der Waals surface area contributed by atoms with Crippen molar-refractivity contribution in [1.82, 2.24) is 20.1 Å². The Morgan fingerprint density at radius 3 is 2.94 bits per heavy atom. The lowest BCUT2D eigenvalue weighted by atomic mass is 10.1.